The molecular formula is C14H21N5OS. The number of hydrogen-bond donors (Lipinski definition) is 0. The summed E-state index contributed by atoms with van der Waals surface area (Å²) in [5, 5.41) is 1.01. The molecule has 6 nitrogen and oxygen atoms in total. The van der Waals surface area contributed by atoms with E-state index in [1.807, 2.05) is 6.20 Å². The molecule has 0 unspecified atom stereocenters. The number of anilines is 1. The van der Waals surface area contributed by atoms with Gasteiger partial charge in [-0.15, -0.1) is 0 Å². The van der Waals surface area contributed by atoms with Crippen LogP contribution in [0.4, 0.5) is 5.13 Å². The van der Waals surface area contributed by atoms with Gasteiger partial charge in [0.25, 0.3) is 0 Å². The predicted molar refractivity (Wildman–Crippen MR) is 82.6 cm³/mol. The van der Waals surface area contributed by atoms with E-state index in [1.54, 1.807) is 7.11 Å². The zero-order valence-corrected chi connectivity index (χ0v) is 13.5. The van der Waals surface area contributed by atoms with Crippen LogP contribution in [0, 0.1) is 5.92 Å². The number of nitrogens with zero attached hydrogens (tertiary/aromatic N) is 5. The van der Waals surface area contributed by atoms with Crippen LogP contribution in [0.5, 0.6) is 0 Å². The van der Waals surface area contributed by atoms with Crippen molar-refractivity contribution in [3.63, 3.8) is 0 Å². The molecule has 0 aliphatic carbocycles. The normalized spacial score (nSPS) is 15.7. The van der Waals surface area contributed by atoms with Crippen LogP contribution in [0.3, 0.4) is 0 Å². The zero-order chi connectivity index (χ0) is 14.8. The summed E-state index contributed by atoms with van der Waals surface area (Å²) in [7, 11) is 1.66. The Hall–Kier alpha value is -1.47. The minimum absolute atomic E-state index is 0.468. The quantitative estimate of drug-likeness (QED) is 0.818. The molecule has 1 aliphatic rings. The molecule has 0 amide bonds. The maximum absolute atomic E-state index is 5.05. The van der Waals surface area contributed by atoms with E-state index < -0.39 is 0 Å². The minimum Gasteiger partial charge on any atom is -0.377 e. The van der Waals surface area contributed by atoms with Gasteiger partial charge >= 0.3 is 0 Å². The molecule has 0 aromatic carbocycles. The van der Waals surface area contributed by atoms with Gasteiger partial charge in [-0.3, -0.25) is 0 Å². The van der Waals surface area contributed by atoms with Crippen molar-refractivity contribution in [3.8, 4) is 0 Å². The predicted octanol–water partition coefficient (Wildman–Crippen LogP) is 2.14. The number of hydrogen-bond acceptors (Lipinski definition) is 6. The Kier molecular flexibility index (Phi) is 4.21. The summed E-state index contributed by atoms with van der Waals surface area (Å²) in [6.45, 7) is 7.97. The van der Waals surface area contributed by atoms with Gasteiger partial charge in [0.15, 0.2) is 5.82 Å². The molecule has 7 heteroatoms. The highest BCUT2D eigenvalue weighted by Gasteiger charge is 2.30. The van der Waals surface area contributed by atoms with Gasteiger partial charge in [-0.25, -0.2) is 9.97 Å². The van der Waals surface area contributed by atoms with Gasteiger partial charge in [0.1, 0.15) is 12.4 Å². The van der Waals surface area contributed by atoms with Crippen LogP contribution >= 0.6 is 11.5 Å². The van der Waals surface area contributed by atoms with Crippen LogP contribution in [-0.2, 0) is 17.9 Å². The van der Waals surface area contributed by atoms with Crippen molar-refractivity contribution in [3.05, 3.63) is 24.0 Å². The van der Waals surface area contributed by atoms with Crippen molar-refractivity contribution in [1.29, 1.82) is 0 Å². The van der Waals surface area contributed by atoms with Crippen molar-refractivity contribution in [1.82, 2.24) is 18.9 Å². The number of aromatic nitrogens is 4. The summed E-state index contributed by atoms with van der Waals surface area (Å²) in [6, 6.07) is 0. The second-order valence-corrected chi connectivity index (χ2v) is 6.52. The average Bonchev–Trinajstić information content (AvgIpc) is 3.02. The van der Waals surface area contributed by atoms with Crippen molar-refractivity contribution in [2.75, 3.05) is 25.1 Å². The van der Waals surface area contributed by atoms with Gasteiger partial charge in [-0.05, 0) is 0 Å². The molecule has 0 radical (unpaired) electrons. The molecule has 114 valence electrons. The van der Waals surface area contributed by atoms with Gasteiger partial charge in [-0.1, -0.05) is 13.8 Å². The van der Waals surface area contributed by atoms with E-state index in [0.717, 1.165) is 30.6 Å². The second-order valence-electron chi connectivity index (χ2n) is 5.79. The topological polar surface area (TPSA) is 56.1 Å². The summed E-state index contributed by atoms with van der Waals surface area (Å²) in [4.78, 5) is 11.2. The maximum atomic E-state index is 5.05. The number of imidazole rings is 1. The molecule has 1 fully saturated rings. The van der Waals surface area contributed by atoms with E-state index in [9.17, 15) is 0 Å². The fourth-order valence-electron chi connectivity index (χ4n) is 2.66. The smallest absolute Gasteiger partial charge is 0.205 e. The Bertz CT molecular complexity index is 588. The van der Waals surface area contributed by atoms with E-state index in [0.29, 0.717) is 18.4 Å². The first-order valence-corrected chi connectivity index (χ1v) is 8.02. The summed E-state index contributed by atoms with van der Waals surface area (Å²) in [5.74, 6) is 3.08. The molecule has 21 heavy (non-hydrogen) atoms. The molecule has 0 atom stereocenters. The van der Waals surface area contributed by atoms with E-state index in [1.165, 1.54) is 17.4 Å². The van der Waals surface area contributed by atoms with Gasteiger partial charge < -0.3 is 14.2 Å². The third-order valence-corrected chi connectivity index (χ3v) is 4.49. The highest BCUT2D eigenvalue weighted by molar-refractivity contribution is 7.09. The van der Waals surface area contributed by atoms with Crippen molar-refractivity contribution >= 4 is 16.7 Å². The Morgan fingerprint density at radius 3 is 2.95 bits per heavy atom. The molecule has 0 bridgehead atoms. The fraction of sp³-hybridized carbons (Fsp3) is 0.643. The lowest BCUT2D eigenvalue weighted by atomic mass is 10.0. The molecule has 0 saturated carbocycles. The molecule has 3 heterocycles. The Labute approximate surface area is 129 Å². The Morgan fingerprint density at radius 1 is 1.43 bits per heavy atom. The third-order valence-electron chi connectivity index (χ3n) is 3.68. The molecule has 1 saturated heterocycles. The Balaban J connectivity index is 1.54. The van der Waals surface area contributed by atoms with Crippen molar-refractivity contribution < 1.29 is 4.74 Å². The monoisotopic (exact) mass is 307 g/mol. The van der Waals surface area contributed by atoms with E-state index in [4.69, 9.17) is 4.74 Å². The molecule has 2 aromatic rings. The van der Waals surface area contributed by atoms with Gasteiger partial charge in [0.2, 0.25) is 5.13 Å². The lowest BCUT2D eigenvalue weighted by Crippen LogP contribution is -2.48. The first-order chi connectivity index (χ1) is 10.2. The van der Waals surface area contributed by atoms with Gasteiger partial charge in [-0.2, -0.15) is 4.37 Å². The minimum atomic E-state index is 0.468. The SMILES string of the molecule is COCc1nsc(N2CC(Cn3ccnc3C(C)C)C2)n1. The fourth-order valence-corrected chi connectivity index (χ4v) is 3.35. The molecular weight excluding hydrogens is 286 g/mol. The van der Waals surface area contributed by atoms with Crippen LogP contribution in [0.15, 0.2) is 12.4 Å². The van der Waals surface area contributed by atoms with Crippen molar-refractivity contribution in [2.45, 2.75) is 32.9 Å². The third kappa shape index (κ3) is 3.08. The maximum Gasteiger partial charge on any atom is 0.205 e. The van der Waals surface area contributed by atoms with Crippen molar-refractivity contribution in [2.24, 2.45) is 5.92 Å². The van der Waals surface area contributed by atoms with E-state index in [2.05, 4.69) is 43.9 Å². The highest BCUT2D eigenvalue weighted by atomic mass is 32.1. The van der Waals surface area contributed by atoms with Crippen LogP contribution in [0.1, 0.15) is 31.4 Å². The van der Waals surface area contributed by atoms with Gasteiger partial charge in [0, 0.05) is 62.5 Å². The van der Waals surface area contributed by atoms with Crippen LogP contribution in [0.25, 0.3) is 0 Å². The van der Waals surface area contributed by atoms with Crippen LogP contribution in [-0.4, -0.2) is 39.1 Å². The Morgan fingerprint density at radius 2 is 2.24 bits per heavy atom. The highest BCUT2D eigenvalue weighted by Crippen LogP contribution is 2.28. The summed E-state index contributed by atoms with van der Waals surface area (Å²) in [5.41, 5.74) is 0. The molecule has 0 N–H and O–H groups in total. The van der Waals surface area contributed by atoms with Crippen LogP contribution < -0.4 is 4.90 Å². The van der Waals surface area contributed by atoms with Gasteiger partial charge in [0.05, 0.1) is 0 Å². The summed E-state index contributed by atoms with van der Waals surface area (Å²) < 4.78 is 11.6. The molecule has 1 aliphatic heterocycles. The average molecular weight is 307 g/mol. The lowest BCUT2D eigenvalue weighted by molar-refractivity contribution is 0.179. The summed E-state index contributed by atoms with van der Waals surface area (Å²) in [6.07, 6.45) is 3.98. The van der Waals surface area contributed by atoms with E-state index in [-0.39, 0.29) is 0 Å². The largest absolute Gasteiger partial charge is 0.377 e. The lowest BCUT2D eigenvalue weighted by Gasteiger charge is -2.39. The standard InChI is InChI=1S/C14H21N5OS/c1-10(2)13-15-4-5-18(13)6-11-7-19(8-11)14-16-12(9-20-3)17-21-14/h4-5,10-11H,6-9H2,1-3H3. The number of rotatable bonds is 6. The molecule has 0 spiro atoms. The summed E-state index contributed by atoms with van der Waals surface area (Å²) >= 11 is 1.46. The zero-order valence-electron chi connectivity index (χ0n) is 12.7. The molecule has 2 aromatic heterocycles. The first kappa shape index (κ1) is 14.5. The van der Waals surface area contributed by atoms with E-state index >= 15 is 0 Å². The second kappa shape index (κ2) is 6.11. The van der Waals surface area contributed by atoms with Crippen LogP contribution in [0.2, 0.25) is 0 Å². The number of methoxy groups -OCH3 is 1. The number of ether oxygens (including phenoxy) is 1. The first-order valence-electron chi connectivity index (χ1n) is 7.25. The molecule has 3 rings (SSSR count).